The number of benzene rings is 2. The van der Waals surface area contributed by atoms with Crippen LogP contribution in [0, 0.1) is 0 Å². The highest BCUT2D eigenvalue weighted by atomic mass is 16.6. The van der Waals surface area contributed by atoms with Crippen LogP contribution in [-0.2, 0) is 16.1 Å². The van der Waals surface area contributed by atoms with Gasteiger partial charge in [0.25, 0.3) is 0 Å². The number of cyclic esters (lactones) is 1. The Bertz CT molecular complexity index is 689. The van der Waals surface area contributed by atoms with Gasteiger partial charge in [0.1, 0.15) is 12.2 Å². The van der Waals surface area contributed by atoms with Gasteiger partial charge in [-0.1, -0.05) is 60.7 Å². The SMILES string of the molecule is C[C@@H]1OC(=O)C[C@H](N(Cc2ccccc2)[C@H](C)c2ccccc2)[C@H]1O. The normalized spacial score (nSPS) is 24.8. The first-order valence-electron chi connectivity index (χ1n) is 8.78. The maximum atomic E-state index is 12.0. The van der Waals surface area contributed by atoms with Gasteiger partial charge in [-0.15, -0.1) is 0 Å². The van der Waals surface area contributed by atoms with Crippen LogP contribution < -0.4 is 0 Å². The van der Waals surface area contributed by atoms with Gasteiger partial charge in [0.15, 0.2) is 0 Å². The van der Waals surface area contributed by atoms with Crippen molar-refractivity contribution in [3.05, 3.63) is 71.8 Å². The third-order valence-corrected chi connectivity index (χ3v) is 4.98. The Hall–Kier alpha value is -2.17. The highest BCUT2D eigenvalue weighted by Gasteiger charge is 2.40. The Morgan fingerprint density at radius 2 is 1.72 bits per heavy atom. The summed E-state index contributed by atoms with van der Waals surface area (Å²) in [5.41, 5.74) is 2.32. The lowest BCUT2D eigenvalue weighted by molar-refractivity contribution is -0.172. The van der Waals surface area contributed by atoms with Crippen LogP contribution in [0.5, 0.6) is 0 Å². The fourth-order valence-electron chi connectivity index (χ4n) is 3.50. The summed E-state index contributed by atoms with van der Waals surface area (Å²) in [5, 5.41) is 10.7. The molecule has 2 aromatic rings. The number of esters is 1. The van der Waals surface area contributed by atoms with E-state index in [-0.39, 0.29) is 24.5 Å². The van der Waals surface area contributed by atoms with Gasteiger partial charge in [0.2, 0.25) is 0 Å². The van der Waals surface area contributed by atoms with Crippen molar-refractivity contribution in [1.29, 1.82) is 0 Å². The second kappa shape index (κ2) is 7.81. The summed E-state index contributed by atoms with van der Waals surface area (Å²) in [6.45, 7) is 4.54. The van der Waals surface area contributed by atoms with E-state index in [2.05, 4.69) is 36.1 Å². The van der Waals surface area contributed by atoms with Gasteiger partial charge in [-0.25, -0.2) is 0 Å². The molecule has 0 spiro atoms. The van der Waals surface area contributed by atoms with E-state index in [1.54, 1.807) is 6.92 Å². The molecule has 1 fully saturated rings. The number of carbonyl (C=O) groups excluding carboxylic acids is 1. The quantitative estimate of drug-likeness (QED) is 0.849. The minimum absolute atomic E-state index is 0.0687. The molecule has 132 valence electrons. The number of nitrogens with zero attached hydrogens (tertiary/aromatic N) is 1. The molecule has 0 aliphatic carbocycles. The van der Waals surface area contributed by atoms with Crippen LogP contribution in [0.1, 0.15) is 37.4 Å². The third-order valence-electron chi connectivity index (χ3n) is 4.98. The molecular weight excluding hydrogens is 314 g/mol. The highest BCUT2D eigenvalue weighted by molar-refractivity contribution is 5.71. The molecule has 0 radical (unpaired) electrons. The molecular formula is C21H25NO3. The Balaban J connectivity index is 1.92. The minimum atomic E-state index is -0.701. The van der Waals surface area contributed by atoms with Crippen LogP contribution in [0.2, 0.25) is 0 Å². The molecule has 2 aromatic carbocycles. The predicted octanol–water partition coefficient (Wildman–Crippen LogP) is 3.31. The van der Waals surface area contributed by atoms with E-state index in [1.165, 1.54) is 0 Å². The van der Waals surface area contributed by atoms with E-state index < -0.39 is 12.2 Å². The first-order valence-corrected chi connectivity index (χ1v) is 8.78. The van der Waals surface area contributed by atoms with Gasteiger partial charge in [-0.3, -0.25) is 9.69 Å². The smallest absolute Gasteiger partial charge is 0.307 e. The number of hydrogen-bond donors (Lipinski definition) is 1. The molecule has 0 amide bonds. The third kappa shape index (κ3) is 4.09. The topological polar surface area (TPSA) is 49.8 Å². The van der Waals surface area contributed by atoms with Gasteiger partial charge < -0.3 is 9.84 Å². The van der Waals surface area contributed by atoms with E-state index in [9.17, 15) is 9.90 Å². The maximum Gasteiger partial charge on any atom is 0.307 e. The number of aliphatic hydroxyl groups is 1. The lowest BCUT2D eigenvalue weighted by Crippen LogP contribution is -2.54. The van der Waals surface area contributed by atoms with Crippen LogP contribution in [0.3, 0.4) is 0 Å². The van der Waals surface area contributed by atoms with Crippen LogP contribution >= 0.6 is 0 Å². The molecule has 1 N–H and O–H groups in total. The monoisotopic (exact) mass is 339 g/mol. The zero-order valence-electron chi connectivity index (χ0n) is 14.7. The number of ether oxygens (including phenoxy) is 1. The molecule has 0 saturated carbocycles. The van der Waals surface area contributed by atoms with Crippen molar-refractivity contribution in [1.82, 2.24) is 4.90 Å². The fraction of sp³-hybridized carbons (Fsp3) is 0.381. The van der Waals surface area contributed by atoms with Crippen molar-refractivity contribution in [2.24, 2.45) is 0 Å². The van der Waals surface area contributed by atoms with Gasteiger partial charge in [-0.2, -0.15) is 0 Å². The van der Waals surface area contributed by atoms with Crippen molar-refractivity contribution >= 4 is 5.97 Å². The maximum absolute atomic E-state index is 12.0. The summed E-state index contributed by atoms with van der Waals surface area (Å²) in [5.74, 6) is -0.249. The zero-order chi connectivity index (χ0) is 17.8. The second-order valence-electron chi connectivity index (χ2n) is 6.70. The number of rotatable bonds is 5. The number of aliphatic hydroxyl groups excluding tert-OH is 1. The molecule has 1 aliphatic rings. The average Bonchev–Trinajstić information content (AvgIpc) is 2.64. The van der Waals surface area contributed by atoms with E-state index in [1.807, 2.05) is 36.4 Å². The summed E-state index contributed by atoms with van der Waals surface area (Å²) in [6, 6.07) is 20.1. The predicted molar refractivity (Wildman–Crippen MR) is 96.8 cm³/mol. The zero-order valence-corrected chi connectivity index (χ0v) is 14.7. The van der Waals surface area contributed by atoms with Crippen molar-refractivity contribution in [2.75, 3.05) is 0 Å². The molecule has 0 bridgehead atoms. The Labute approximate surface area is 149 Å². The lowest BCUT2D eigenvalue weighted by atomic mass is 9.94. The Morgan fingerprint density at radius 3 is 2.36 bits per heavy atom. The van der Waals surface area contributed by atoms with Crippen LogP contribution in [-0.4, -0.2) is 34.2 Å². The van der Waals surface area contributed by atoms with E-state index in [4.69, 9.17) is 4.74 Å². The van der Waals surface area contributed by atoms with Gasteiger partial charge in [-0.05, 0) is 25.0 Å². The summed E-state index contributed by atoms with van der Waals surface area (Å²) < 4.78 is 5.20. The first kappa shape index (κ1) is 17.6. The number of carbonyl (C=O) groups is 1. The molecule has 1 aliphatic heterocycles. The molecule has 1 saturated heterocycles. The van der Waals surface area contributed by atoms with Crippen LogP contribution in [0.4, 0.5) is 0 Å². The van der Waals surface area contributed by atoms with Crippen LogP contribution in [0.15, 0.2) is 60.7 Å². The Morgan fingerprint density at radius 1 is 1.12 bits per heavy atom. The first-order chi connectivity index (χ1) is 12.1. The van der Waals surface area contributed by atoms with Crippen LogP contribution in [0.25, 0.3) is 0 Å². The molecule has 0 unspecified atom stereocenters. The highest BCUT2D eigenvalue weighted by Crippen LogP contribution is 2.30. The largest absolute Gasteiger partial charge is 0.460 e. The van der Waals surface area contributed by atoms with Gasteiger partial charge >= 0.3 is 5.97 Å². The fourth-order valence-corrected chi connectivity index (χ4v) is 3.50. The van der Waals surface area contributed by atoms with Crippen molar-refractivity contribution in [3.8, 4) is 0 Å². The Kier molecular flexibility index (Phi) is 5.51. The molecule has 4 atom stereocenters. The van der Waals surface area contributed by atoms with Crippen molar-refractivity contribution in [3.63, 3.8) is 0 Å². The molecule has 4 nitrogen and oxygen atoms in total. The summed E-state index contributed by atoms with van der Waals surface area (Å²) in [4.78, 5) is 14.2. The lowest BCUT2D eigenvalue weighted by Gasteiger charge is -2.42. The second-order valence-corrected chi connectivity index (χ2v) is 6.70. The number of hydrogen-bond acceptors (Lipinski definition) is 4. The summed E-state index contributed by atoms with van der Waals surface area (Å²) in [7, 11) is 0. The van der Waals surface area contributed by atoms with Gasteiger partial charge in [0, 0.05) is 12.6 Å². The molecule has 25 heavy (non-hydrogen) atoms. The average molecular weight is 339 g/mol. The van der Waals surface area contributed by atoms with Gasteiger partial charge in [0.05, 0.1) is 12.5 Å². The van der Waals surface area contributed by atoms with E-state index in [0.717, 1.165) is 11.1 Å². The van der Waals surface area contributed by atoms with Crippen molar-refractivity contribution < 1.29 is 14.6 Å². The summed E-state index contributed by atoms with van der Waals surface area (Å²) in [6.07, 6.45) is -0.990. The molecule has 1 heterocycles. The molecule has 3 rings (SSSR count). The van der Waals surface area contributed by atoms with E-state index in [0.29, 0.717) is 6.54 Å². The van der Waals surface area contributed by atoms with E-state index >= 15 is 0 Å². The summed E-state index contributed by atoms with van der Waals surface area (Å²) >= 11 is 0. The molecule has 4 heteroatoms. The minimum Gasteiger partial charge on any atom is -0.460 e. The molecule has 0 aromatic heterocycles. The van der Waals surface area contributed by atoms with Crippen molar-refractivity contribution in [2.45, 2.75) is 51.1 Å². The standard InChI is InChI=1S/C21H25NO3/c1-15(18-11-7-4-8-12-18)22(14-17-9-5-3-6-10-17)19-13-20(23)25-16(2)21(19)24/h3-12,15-16,19,21,24H,13-14H2,1-2H3/t15-,16+,19+,21+/m1/s1.